The topological polar surface area (TPSA) is 55.5 Å². The van der Waals surface area contributed by atoms with Crippen molar-refractivity contribution in [1.29, 1.82) is 0 Å². The van der Waals surface area contributed by atoms with Crippen LogP contribution < -0.4 is 5.73 Å². The van der Waals surface area contributed by atoms with Crippen molar-refractivity contribution in [3.8, 4) is 0 Å². The van der Waals surface area contributed by atoms with Crippen molar-refractivity contribution in [2.24, 2.45) is 34.4 Å². The normalized spacial score (nSPS) is 12.0. The van der Waals surface area contributed by atoms with Crippen LogP contribution in [0.3, 0.4) is 0 Å². The van der Waals surface area contributed by atoms with Crippen LogP contribution in [0.1, 0.15) is 132 Å². The highest BCUT2D eigenvalue weighted by molar-refractivity contribution is 6.08. The first kappa shape index (κ1) is 44.9. The smallest absolute Gasteiger partial charge is 0.193 e. The number of amidine groups is 1. The summed E-state index contributed by atoms with van der Waals surface area (Å²) >= 11 is 0. The Morgan fingerprint density at radius 1 is 0.623 bits per heavy atom. The van der Waals surface area contributed by atoms with E-state index in [1.807, 2.05) is 49.4 Å². The Balaban J connectivity index is 0.000000251. The minimum Gasteiger partial charge on any atom is -0.388 e. The van der Waals surface area contributed by atoms with E-state index in [1.54, 1.807) is 5.57 Å². The third-order valence-corrected chi connectivity index (χ3v) is 8.77. The van der Waals surface area contributed by atoms with E-state index in [1.165, 1.54) is 59.9 Å². The van der Waals surface area contributed by atoms with Crippen LogP contribution in [-0.2, 0) is 19.3 Å². The number of hydrogen-bond acceptors (Lipinski definition) is 2. The van der Waals surface area contributed by atoms with Gasteiger partial charge in [0, 0.05) is 17.7 Å². The van der Waals surface area contributed by atoms with Crippen molar-refractivity contribution >= 4 is 17.2 Å². The van der Waals surface area contributed by atoms with Gasteiger partial charge in [0.1, 0.15) is 0 Å². The molecule has 53 heavy (non-hydrogen) atoms. The standard InChI is InChI=1S/C17H18O.C13H16.C11H16.C9H20N2/c1-13(2)12-14-8-10-16(11-9-14)17(18)15-6-4-3-5-7-15;1-10(2)9-12-8-7-11-5-3-4-6-13(11)12;1-9(2)8-11-6-4-10(3)5-7-11;1-8(2)6-4-5-7-11-9(3)10/h3-11,13H,12H2,1-2H3;3-6,8,10H,7,9H2,1-2H3;4-7,9H,8H2,1-3H3;8H,4-7H2,1-3H3,(H2,10,11). The molecule has 0 amide bonds. The van der Waals surface area contributed by atoms with E-state index in [0.717, 1.165) is 48.3 Å². The van der Waals surface area contributed by atoms with Crippen molar-refractivity contribution in [2.45, 2.75) is 114 Å². The molecule has 1 aliphatic carbocycles. The van der Waals surface area contributed by atoms with Crippen molar-refractivity contribution in [3.05, 3.63) is 148 Å². The van der Waals surface area contributed by atoms with Crippen LogP contribution in [0.2, 0.25) is 0 Å². The van der Waals surface area contributed by atoms with Crippen molar-refractivity contribution in [1.82, 2.24) is 0 Å². The molecule has 0 atom stereocenters. The number of nitrogens with two attached hydrogens (primary N) is 1. The Morgan fingerprint density at radius 3 is 1.66 bits per heavy atom. The van der Waals surface area contributed by atoms with E-state index in [9.17, 15) is 4.79 Å². The average Bonchev–Trinajstić information content (AvgIpc) is 3.52. The fraction of sp³-hybridized carbons (Fsp3) is 0.440. The molecule has 0 saturated carbocycles. The Bertz CT molecular complexity index is 1640. The SMILES string of the molecule is CC(C)CC1=CCc2ccccc21.CC(C)Cc1ccc(C(=O)c2ccccc2)cc1.CC(N)=NCCCCC(C)C.Cc1ccc(CC(C)C)cc1. The zero-order valence-electron chi connectivity index (χ0n) is 34.8. The summed E-state index contributed by atoms with van der Waals surface area (Å²) in [4.78, 5) is 16.3. The number of hydrogen-bond donors (Lipinski definition) is 1. The number of fused-ring (bicyclic) bond motifs is 1. The van der Waals surface area contributed by atoms with Crippen molar-refractivity contribution in [2.75, 3.05) is 6.54 Å². The van der Waals surface area contributed by atoms with E-state index in [0.29, 0.717) is 11.8 Å². The molecule has 0 aromatic heterocycles. The molecular weight excluding hydrogens is 645 g/mol. The number of unbranched alkanes of at least 4 members (excludes halogenated alkanes) is 1. The van der Waals surface area contributed by atoms with Crippen LogP contribution in [0.5, 0.6) is 0 Å². The van der Waals surface area contributed by atoms with Crippen LogP contribution in [-0.4, -0.2) is 18.2 Å². The molecule has 5 rings (SSSR count). The molecule has 3 nitrogen and oxygen atoms in total. The molecule has 0 bridgehead atoms. The van der Waals surface area contributed by atoms with Crippen LogP contribution in [0, 0.1) is 30.6 Å². The summed E-state index contributed by atoms with van der Waals surface area (Å²) in [7, 11) is 0. The number of allylic oxidation sites excluding steroid dienone is 2. The lowest BCUT2D eigenvalue weighted by Crippen LogP contribution is -2.05. The number of ketones is 1. The van der Waals surface area contributed by atoms with Crippen LogP contribution in [0.25, 0.3) is 5.57 Å². The lowest BCUT2D eigenvalue weighted by molar-refractivity contribution is 0.103. The van der Waals surface area contributed by atoms with Crippen molar-refractivity contribution < 1.29 is 4.79 Å². The van der Waals surface area contributed by atoms with Gasteiger partial charge in [0.05, 0.1) is 5.84 Å². The molecular formula is C50H70N2O. The molecule has 286 valence electrons. The molecule has 4 aromatic carbocycles. The van der Waals surface area contributed by atoms with Gasteiger partial charge < -0.3 is 5.73 Å². The summed E-state index contributed by atoms with van der Waals surface area (Å²) in [5, 5.41) is 0. The van der Waals surface area contributed by atoms with E-state index < -0.39 is 0 Å². The fourth-order valence-electron chi connectivity index (χ4n) is 6.12. The minimum atomic E-state index is 0.0895. The van der Waals surface area contributed by atoms with Gasteiger partial charge in [-0.1, -0.05) is 183 Å². The second-order valence-corrected chi connectivity index (χ2v) is 16.2. The molecule has 4 aromatic rings. The first-order valence-corrected chi connectivity index (χ1v) is 20.0. The second kappa shape index (κ2) is 24.9. The number of benzene rings is 4. The van der Waals surface area contributed by atoms with Gasteiger partial charge >= 0.3 is 0 Å². The molecule has 0 spiro atoms. The van der Waals surface area contributed by atoms with Crippen LogP contribution in [0.15, 0.2) is 114 Å². The Kier molecular flexibility index (Phi) is 21.1. The van der Waals surface area contributed by atoms with E-state index in [4.69, 9.17) is 5.73 Å². The van der Waals surface area contributed by atoms with Gasteiger partial charge in [0.15, 0.2) is 5.78 Å². The second-order valence-electron chi connectivity index (χ2n) is 16.2. The first-order chi connectivity index (χ1) is 25.2. The lowest BCUT2D eigenvalue weighted by Gasteiger charge is -2.07. The highest BCUT2D eigenvalue weighted by Crippen LogP contribution is 2.31. The molecule has 0 heterocycles. The monoisotopic (exact) mass is 715 g/mol. The van der Waals surface area contributed by atoms with Gasteiger partial charge in [-0.15, -0.1) is 0 Å². The predicted octanol–water partition coefficient (Wildman–Crippen LogP) is 13.2. The van der Waals surface area contributed by atoms with E-state index in [2.05, 4.69) is 134 Å². The summed E-state index contributed by atoms with van der Waals surface area (Å²) in [5.74, 6) is 3.77. The maximum Gasteiger partial charge on any atom is 0.193 e. The summed E-state index contributed by atoms with van der Waals surface area (Å²) in [6, 6.07) is 34.9. The molecule has 0 aliphatic heterocycles. The maximum absolute atomic E-state index is 12.2. The zero-order chi connectivity index (χ0) is 39.2. The summed E-state index contributed by atoms with van der Waals surface area (Å²) in [6.07, 6.45) is 10.7. The molecule has 1 aliphatic rings. The highest BCUT2D eigenvalue weighted by atomic mass is 16.1. The molecule has 2 N–H and O–H groups in total. The van der Waals surface area contributed by atoms with E-state index >= 15 is 0 Å². The first-order valence-electron chi connectivity index (χ1n) is 20.0. The number of carbonyl (C=O) groups is 1. The Hall–Kier alpha value is -4.24. The average molecular weight is 715 g/mol. The predicted molar refractivity (Wildman–Crippen MR) is 233 cm³/mol. The zero-order valence-corrected chi connectivity index (χ0v) is 34.8. The van der Waals surface area contributed by atoms with Gasteiger partial charge in [-0.2, -0.15) is 0 Å². The third kappa shape index (κ3) is 19.4. The van der Waals surface area contributed by atoms with Crippen LogP contribution >= 0.6 is 0 Å². The van der Waals surface area contributed by atoms with E-state index in [-0.39, 0.29) is 5.78 Å². The quantitative estimate of drug-likeness (QED) is 0.0649. The Labute approximate surface area is 324 Å². The largest absolute Gasteiger partial charge is 0.388 e. The molecule has 0 saturated heterocycles. The fourth-order valence-corrected chi connectivity index (χ4v) is 6.12. The molecule has 0 fully saturated rings. The number of aliphatic imine (C=N–C) groups is 1. The third-order valence-electron chi connectivity index (χ3n) is 8.77. The number of nitrogens with zero attached hydrogens (tertiary/aromatic N) is 1. The maximum atomic E-state index is 12.2. The lowest BCUT2D eigenvalue weighted by atomic mass is 9.98. The molecule has 3 heteroatoms. The van der Waals surface area contributed by atoms with Gasteiger partial charge in [-0.3, -0.25) is 9.79 Å². The molecule has 0 radical (unpaired) electrons. The number of aryl methyl sites for hydroxylation is 1. The minimum absolute atomic E-state index is 0.0895. The summed E-state index contributed by atoms with van der Waals surface area (Å²) in [6.45, 7) is 22.8. The summed E-state index contributed by atoms with van der Waals surface area (Å²) in [5.41, 5.74) is 15.5. The van der Waals surface area contributed by atoms with Gasteiger partial charge in [-0.25, -0.2) is 0 Å². The highest BCUT2D eigenvalue weighted by Gasteiger charge is 2.13. The van der Waals surface area contributed by atoms with Gasteiger partial charge in [0.25, 0.3) is 0 Å². The number of rotatable bonds is 13. The van der Waals surface area contributed by atoms with Crippen molar-refractivity contribution in [3.63, 3.8) is 0 Å². The number of carbonyl (C=O) groups excluding carboxylic acids is 1. The van der Waals surface area contributed by atoms with Crippen LogP contribution in [0.4, 0.5) is 0 Å². The molecule has 0 unspecified atom stereocenters. The Morgan fingerprint density at radius 2 is 1.13 bits per heavy atom. The van der Waals surface area contributed by atoms with Gasteiger partial charge in [0.2, 0.25) is 0 Å². The summed E-state index contributed by atoms with van der Waals surface area (Å²) < 4.78 is 0. The van der Waals surface area contributed by atoms with Gasteiger partial charge in [-0.05, 0) is 97.5 Å².